The van der Waals surface area contributed by atoms with Gasteiger partial charge in [0.1, 0.15) is 35.2 Å². The number of oxazole rings is 2. The van der Waals surface area contributed by atoms with E-state index >= 15 is 0 Å². The molecule has 6 aromatic rings. The SMILES string of the molecule is CC[C@@H](C(=O)N1C[C@H](OCc2cc([C@H](C(=O)N3C[C@H](O)C[C@H]3C(=O)NCc3ccc(-c4ocnc4C)cc3)C(C)C)on2)C[C@H]1C(=O)NCc1ccc(-c2ocnc2C)cc1)c1cc(C)no1. The highest BCUT2D eigenvalue weighted by Crippen LogP contribution is 2.33. The van der Waals surface area contributed by atoms with Crippen LogP contribution in [0.5, 0.6) is 0 Å². The number of nitrogens with one attached hydrogen (secondary N) is 2. The molecule has 67 heavy (non-hydrogen) atoms. The van der Waals surface area contributed by atoms with E-state index in [1.807, 2.05) is 83.1 Å². The molecule has 8 rings (SSSR count). The molecule has 2 saturated heterocycles. The number of β-amino-alcohol motifs (C(OH)–C–C–N with tert-alkyl or cyclic N) is 1. The smallest absolute Gasteiger partial charge is 0.243 e. The number of amides is 4. The Kier molecular flexibility index (Phi) is 14.1. The average Bonchev–Trinajstić information content (AvgIpc) is 4.20. The lowest BCUT2D eigenvalue weighted by atomic mass is 9.91. The van der Waals surface area contributed by atoms with E-state index in [2.05, 4.69) is 30.9 Å². The van der Waals surface area contributed by atoms with Crippen molar-refractivity contribution in [1.82, 2.24) is 40.7 Å². The average molecular weight is 917 g/mol. The number of benzene rings is 2. The zero-order valence-electron chi connectivity index (χ0n) is 38.4. The standard InChI is InChI=1S/C49H56N8O10/c1-7-38(41-16-28(4)54-66-41)48(61)57-23-37(19-40(57)47(60)51-21-32-10-14-34(15-11-32)45-30(6)53-26-65-45)63-24-35-17-42(67-55-35)43(27(2)3)49(62)56-22-36(58)18-39(56)46(59)50-20-31-8-12-33(13-9-31)44-29(5)52-25-64-44/h8-17,25-27,36-40,43,58H,7,18-24H2,1-6H3,(H,50,59)(H,51,60)/t36-,37-,38-,39+,40+,43-/m1/s1. The second-order valence-corrected chi connectivity index (χ2v) is 17.7. The summed E-state index contributed by atoms with van der Waals surface area (Å²) in [6.07, 6.45) is 2.12. The van der Waals surface area contributed by atoms with Crippen LogP contribution < -0.4 is 10.6 Å². The maximum absolute atomic E-state index is 14.3. The monoisotopic (exact) mass is 916 g/mol. The fraction of sp³-hybridized carbons (Fsp3) is 0.429. The summed E-state index contributed by atoms with van der Waals surface area (Å²) in [4.78, 5) is 67.3. The maximum Gasteiger partial charge on any atom is 0.243 e. The number of hydrogen-bond acceptors (Lipinski definition) is 14. The molecule has 2 aromatic carbocycles. The second-order valence-electron chi connectivity index (χ2n) is 17.7. The van der Waals surface area contributed by atoms with Crippen LogP contribution in [-0.2, 0) is 43.6 Å². The lowest BCUT2D eigenvalue weighted by Gasteiger charge is -2.28. The number of ether oxygens (including phenoxy) is 1. The van der Waals surface area contributed by atoms with Crippen LogP contribution in [0.3, 0.4) is 0 Å². The van der Waals surface area contributed by atoms with Gasteiger partial charge in [0, 0.05) is 62.3 Å². The number of aromatic nitrogens is 4. The van der Waals surface area contributed by atoms with Crippen LogP contribution in [0.4, 0.5) is 0 Å². The third-order valence-corrected chi connectivity index (χ3v) is 12.5. The van der Waals surface area contributed by atoms with Crippen molar-refractivity contribution in [2.24, 2.45) is 5.92 Å². The van der Waals surface area contributed by atoms with Gasteiger partial charge < -0.3 is 48.2 Å². The first-order chi connectivity index (χ1) is 32.3. The molecular formula is C49H56N8O10. The largest absolute Gasteiger partial charge is 0.443 e. The van der Waals surface area contributed by atoms with Crippen LogP contribution in [-0.4, -0.2) is 96.2 Å². The molecule has 0 spiro atoms. The number of aliphatic hydroxyl groups is 1. The summed E-state index contributed by atoms with van der Waals surface area (Å²) in [5.74, 6) is -0.990. The van der Waals surface area contributed by atoms with Crippen LogP contribution in [0.15, 0.2) is 91.3 Å². The highest BCUT2D eigenvalue weighted by Gasteiger charge is 2.45. The molecule has 2 aliphatic heterocycles. The van der Waals surface area contributed by atoms with Gasteiger partial charge in [-0.05, 0) is 44.2 Å². The van der Waals surface area contributed by atoms with E-state index in [4.69, 9.17) is 22.6 Å². The summed E-state index contributed by atoms with van der Waals surface area (Å²) in [6, 6.07) is 16.8. The Hall–Kier alpha value is -6.92. The van der Waals surface area contributed by atoms with E-state index in [1.54, 1.807) is 24.0 Å². The molecule has 6 atom stereocenters. The second kappa shape index (κ2) is 20.3. The van der Waals surface area contributed by atoms with Gasteiger partial charge in [0.15, 0.2) is 24.3 Å². The molecule has 0 unspecified atom stereocenters. The quantitative estimate of drug-likeness (QED) is 0.0966. The summed E-state index contributed by atoms with van der Waals surface area (Å²) in [5.41, 5.74) is 6.05. The van der Waals surface area contributed by atoms with Crippen molar-refractivity contribution in [2.75, 3.05) is 13.1 Å². The Labute approximate surface area is 387 Å². The first-order valence-corrected chi connectivity index (χ1v) is 22.6. The topological polar surface area (TPSA) is 232 Å². The van der Waals surface area contributed by atoms with Gasteiger partial charge in [-0.2, -0.15) is 0 Å². The van der Waals surface area contributed by atoms with Crippen LogP contribution in [0.1, 0.15) is 97.3 Å². The van der Waals surface area contributed by atoms with Crippen molar-refractivity contribution in [2.45, 2.75) is 117 Å². The van der Waals surface area contributed by atoms with Crippen molar-refractivity contribution in [1.29, 1.82) is 0 Å². The first kappa shape index (κ1) is 46.6. The van der Waals surface area contributed by atoms with E-state index in [1.165, 1.54) is 17.7 Å². The van der Waals surface area contributed by atoms with Crippen molar-refractivity contribution in [3.8, 4) is 22.6 Å². The number of carbonyl (C=O) groups is 4. The molecule has 18 nitrogen and oxygen atoms in total. The fourth-order valence-electron chi connectivity index (χ4n) is 8.94. The summed E-state index contributed by atoms with van der Waals surface area (Å²) in [6.45, 7) is 11.7. The minimum atomic E-state index is -0.890. The number of aliphatic hydroxyl groups excluding tert-OH is 1. The molecule has 352 valence electrons. The molecule has 2 aliphatic rings. The van der Waals surface area contributed by atoms with E-state index in [-0.39, 0.29) is 75.2 Å². The summed E-state index contributed by atoms with van der Waals surface area (Å²) in [5, 5.41) is 24.9. The zero-order valence-corrected chi connectivity index (χ0v) is 38.4. The molecule has 3 N–H and O–H groups in total. The molecule has 0 bridgehead atoms. The van der Waals surface area contributed by atoms with E-state index < -0.39 is 36.1 Å². The lowest BCUT2D eigenvalue weighted by Crippen LogP contribution is -2.48. The van der Waals surface area contributed by atoms with Crippen LogP contribution >= 0.6 is 0 Å². The van der Waals surface area contributed by atoms with Crippen LogP contribution in [0.25, 0.3) is 22.6 Å². The first-order valence-electron chi connectivity index (χ1n) is 22.6. The number of rotatable bonds is 17. The summed E-state index contributed by atoms with van der Waals surface area (Å²) in [7, 11) is 0. The molecule has 0 aliphatic carbocycles. The minimum absolute atomic E-state index is 0.00818. The Morgan fingerprint density at radius 3 is 1.81 bits per heavy atom. The predicted molar refractivity (Wildman–Crippen MR) is 240 cm³/mol. The Balaban J connectivity index is 0.906. The highest BCUT2D eigenvalue weighted by atomic mass is 16.5. The van der Waals surface area contributed by atoms with Crippen molar-refractivity contribution in [3.63, 3.8) is 0 Å². The van der Waals surface area contributed by atoms with Crippen molar-refractivity contribution < 1.29 is 46.9 Å². The van der Waals surface area contributed by atoms with Crippen molar-refractivity contribution in [3.05, 3.63) is 119 Å². The van der Waals surface area contributed by atoms with Crippen LogP contribution in [0.2, 0.25) is 0 Å². The zero-order chi connectivity index (χ0) is 47.4. The molecule has 4 amide bonds. The van der Waals surface area contributed by atoms with Gasteiger partial charge in [-0.25, -0.2) is 9.97 Å². The molecule has 2 fully saturated rings. The molecule has 0 radical (unpaired) electrons. The molecular weight excluding hydrogens is 861 g/mol. The summed E-state index contributed by atoms with van der Waals surface area (Å²) >= 11 is 0. The lowest BCUT2D eigenvalue weighted by molar-refractivity contribution is -0.141. The number of hydrogen-bond donors (Lipinski definition) is 3. The van der Waals surface area contributed by atoms with Crippen LogP contribution in [0, 0.1) is 26.7 Å². The predicted octanol–water partition coefficient (Wildman–Crippen LogP) is 5.91. The highest BCUT2D eigenvalue weighted by molar-refractivity contribution is 5.92. The van der Waals surface area contributed by atoms with E-state index in [0.29, 0.717) is 40.8 Å². The minimum Gasteiger partial charge on any atom is -0.443 e. The number of aryl methyl sites for hydroxylation is 3. The number of likely N-dealkylation sites (tertiary alicyclic amines) is 2. The van der Waals surface area contributed by atoms with Gasteiger partial charge in [0.25, 0.3) is 0 Å². The molecule has 6 heterocycles. The van der Waals surface area contributed by atoms with E-state index in [0.717, 1.165) is 33.6 Å². The molecule has 0 saturated carbocycles. The van der Waals surface area contributed by atoms with E-state index in [9.17, 15) is 24.3 Å². The molecule has 18 heteroatoms. The van der Waals surface area contributed by atoms with Gasteiger partial charge >= 0.3 is 0 Å². The van der Waals surface area contributed by atoms with Gasteiger partial charge in [0.2, 0.25) is 23.6 Å². The fourth-order valence-corrected chi connectivity index (χ4v) is 8.94. The number of carbonyl (C=O) groups excluding carboxylic acids is 4. The van der Waals surface area contributed by atoms with Gasteiger partial charge in [-0.3, -0.25) is 19.2 Å². The Morgan fingerprint density at radius 1 is 0.746 bits per heavy atom. The van der Waals surface area contributed by atoms with Gasteiger partial charge in [-0.15, -0.1) is 0 Å². The normalized spacial score (nSPS) is 19.2. The summed E-state index contributed by atoms with van der Waals surface area (Å²) < 4.78 is 28.6. The van der Waals surface area contributed by atoms with Gasteiger partial charge in [0.05, 0.1) is 41.8 Å². The van der Waals surface area contributed by atoms with Gasteiger partial charge in [-0.1, -0.05) is 79.6 Å². The third kappa shape index (κ3) is 10.4. The molecule has 4 aromatic heterocycles. The Morgan fingerprint density at radius 2 is 1.30 bits per heavy atom. The number of nitrogens with zero attached hydrogens (tertiary/aromatic N) is 6. The third-order valence-electron chi connectivity index (χ3n) is 12.5. The van der Waals surface area contributed by atoms with Crippen molar-refractivity contribution >= 4 is 23.6 Å². The maximum atomic E-state index is 14.3. The Bertz CT molecular complexity index is 2670.